The molecule has 0 bridgehead atoms. The second-order valence-corrected chi connectivity index (χ2v) is 9.06. The lowest BCUT2D eigenvalue weighted by Gasteiger charge is -2.31. The number of amides is 2. The molecular formula is C25H32N8O4. The quantitative estimate of drug-likeness (QED) is 0.516. The Kier molecular flexibility index (Phi) is 7.47. The molecule has 12 heteroatoms. The summed E-state index contributed by atoms with van der Waals surface area (Å²) in [6.45, 7) is 5.85. The summed E-state index contributed by atoms with van der Waals surface area (Å²) >= 11 is 0. The van der Waals surface area contributed by atoms with Crippen LogP contribution in [0.1, 0.15) is 32.2 Å². The number of piperidine rings is 1. The van der Waals surface area contributed by atoms with Crippen LogP contribution in [0, 0.1) is 0 Å². The van der Waals surface area contributed by atoms with E-state index < -0.39 is 0 Å². The van der Waals surface area contributed by atoms with E-state index in [0.29, 0.717) is 44.2 Å². The molecule has 0 radical (unpaired) electrons. The summed E-state index contributed by atoms with van der Waals surface area (Å²) in [6.07, 6.45) is 3.79. The van der Waals surface area contributed by atoms with Crippen molar-refractivity contribution in [2.24, 2.45) is 0 Å². The molecule has 196 valence electrons. The van der Waals surface area contributed by atoms with Crippen molar-refractivity contribution >= 4 is 34.5 Å². The molecule has 0 aliphatic carbocycles. The molecule has 2 aliphatic heterocycles. The van der Waals surface area contributed by atoms with Gasteiger partial charge in [0.1, 0.15) is 5.82 Å². The number of hydrogen-bond acceptors (Lipinski definition) is 9. The van der Waals surface area contributed by atoms with Crippen LogP contribution in [-0.2, 0) is 14.4 Å². The van der Waals surface area contributed by atoms with Gasteiger partial charge >= 0.3 is 12.0 Å². The zero-order valence-corrected chi connectivity index (χ0v) is 21.1. The largest absolute Gasteiger partial charge is 0.378 e. The molecule has 2 aliphatic rings. The normalized spacial score (nSPS) is 17.1. The standard InChI is InChI=1S/C25H32N8O4/c1-3-21(34)37-32-10-8-19(9-11-32)33-24-20(16-27-33)23(31-12-14-36-15-13-31)29-22(30-24)17-4-6-18(7-5-17)28-25(35)26-2/h4-7,16,19H,3,8-15H2,1-2H3,(H2,26,28,35). The van der Waals surface area contributed by atoms with E-state index in [4.69, 9.17) is 24.6 Å². The van der Waals surface area contributed by atoms with Gasteiger partial charge in [-0.1, -0.05) is 6.92 Å². The summed E-state index contributed by atoms with van der Waals surface area (Å²) in [7, 11) is 1.57. The van der Waals surface area contributed by atoms with Crippen molar-refractivity contribution in [1.82, 2.24) is 30.1 Å². The predicted octanol–water partition coefficient (Wildman–Crippen LogP) is 2.59. The van der Waals surface area contributed by atoms with Crippen molar-refractivity contribution in [2.75, 3.05) is 56.7 Å². The number of carbonyl (C=O) groups excluding carboxylic acids is 2. The van der Waals surface area contributed by atoms with Gasteiger partial charge in [0.2, 0.25) is 0 Å². The van der Waals surface area contributed by atoms with Crippen LogP contribution in [0.2, 0.25) is 0 Å². The van der Waals surface area contributed by atoms with Crippen molar-refractivity contribution in [3.8, 4) is 11.4 Å². The minimum Gasteiger partial charge on any atom is -0.378 e. The van der Waals surface area contributed by atoms with E-state index in [0.717, 1.165) is 48.3 Å². The van der Waals surface area contributed by atoms with Crippen molar-refractivity contribution in [3.05, 3.63) is 30.5 Å². The van der Waals surface area contributed by atoms with Crippen LogP contribution in [0.4, 0.5) is 16.3 Å². The summed E-state index contributed by atoms with van der Waals surface area (Å²) in [5.41, 5.74) is 2.30. The first-order chi connectivity index (χ1) is 18.1. The topological polar surface area (TPSA) is 127 Å². The molecular weight excluding hydrogens is 476 g/mol. The smallest absolute Gasteiger partial charge is 0.324 e. The molecule has 2 amide bonds. The number of morpholine rings is 1. The van der Waals surface area contributed by atoms with Crippen molar-refractivity contribution in [2.45, 2.75) is 32.2 Å². The average molecular weight is 509 g/mol. The lowest BCUT2D eigenvalue weighted by Crippen LogP contribution is -2.37. The molecule has 3 aromatic rings. The molecule has 5 rings (SSSR count). The summed E-state index contributed by atoms with van der Waals surface area (Å²) in [6, 6.07) is 7.31. The van der Waals surface area contributed by atoms with E-state index in [2.05, 4.69) is 15.5 Å². The highest BCUT2D eigenvalue weighted by atomic mass is 16.7. The molecule has 12 nitrogen and oxygen atoms in total. The van der Waals surface area contributed by atoms with E-state index in [1.165, 1.54) is 0 Å². The molecule has 0 spiro atoms. The van der Waals surface area contributed by atoms with Gasteiger partial charge in [-0.3, -0.25) is 4.79 Å². The fourth-order valence-electron chi connectivity index (χ4n) is 4.61. The third-order valence-electron chi connectivity index (χ3n) is 6.66. The number of benzene rings is 1. The number of carbonyl (C=O) groups is 2. The minimum atomic E-state index is -0.278. The Hall–Kier alpha value is -3.77. The van der Waals surface area contributed by atoms with Crippen molar-refractivity contribution < 1.29 is 19.2 Å². The third kappa shape index (κ3) is 5.49. The number of urea groups is 1. The summed E-state index contributed by atoms with van der Waals surface area (Å²) in [5, 5.41) is 12.7. The van der Waals surface area contributed by atoms with Gasteiger partial charge in [0, 0.05) is 50.9 Å². The number of hydroxylamine groups is 2. The number of rotatable bonds is 6. The van der Waals surface area contributed by atoms with E-state index in [1.54, 1.807) is 19.0 Å². The number of hydrogen-bond donors (Lipinski definition) is 2. The number of nitrogens with zero attached hydrogens (tertiary/aromatic N) is 6. The van der Waals surface area contributed by atoms with Crippen molar-refractivity contribution in [3.63, 3.8) is 0 Å². The third-order valence-corrected chi connectivity index (χ3v) is 6.66. The molecule has 2 aromatic heterocycles. The fourth-order valence-corrected chi connectivity index (χ4v) is 4.61. The molecule has 1 aromatic carbocycles. The maximum atomic E-state index is 11.7. The molecule has 0 atom stereocenters. The van der Waals surface area contributed by atoms with E-state index in [9.17, 15) is 9.59 Å². The van der Waals surface area contributed by atoms with Crippen LogP contribution in [-0.4, -0.2) is 83.3 Å². The predicted molar refractivity (Wildman–Crippen MR) is 138 cm³/mol. The van der Waals surface area contributed by atoms with Crippen LogP contribution >= 0.6 is 0 Å². The van der Waals surface area contributed by atoms with Crippen LogP contribution < -0.4 is 15.5 Å². The molecule has 2 fully saturated rings. The Morgan fingerprint density at radius 2 is 1.81 bits per heavy atom. The van der Waals surface area contributed by atoms with Crippen LogP contribution in [0.25, 0.3) is 22.4 Å². The number of aromatic nitrogens is 4. The van der Waals surface area contributed by atoms with Crippen LogP contribution in [0.3, 0.4) is 0 Å². The Morgan fingerprint density at radius 1 is 1.08 bits per heavy atom. The zero-order valence-electron chi connectivity index (χ0n) is 21.1. The van der Waals surface area contributed by atoms with Gasteiger partial charge in [-0.2, -0.15) is 5.10 Å². The first-order valence-electron chi connectivity index (χ1n) is 12.7. The SMILES string of the molecule is CCC(=O)ON1CCC(n2ncc3c(N4CCOCC4)nc(-c4ccc(NC(=O)NC)cc4)nc32)CC1. The van der Waals surface area contributed by atoms with E-state index in [-0.39, 0.29) is 18.0 Å². The lowest BCUT2D eigenvalue weighted by molar-refractivity contribution is -0.195. The average Bonchev–Trinajstić information content (AvgIpc) is 3.38. The minimum absolute atomic E-state index is 0.133. The number of ether oxygens (including phenoxy) is 1. The second-order valence-electron chi connectivity index (χ2n) is 9.06. The maximum absolute atomic E-state index is 11.7. The van der Waals surface area contributed by atoms with E-state index >= 15 is 0 Å². The van der Waals surface area contributed by atoms with Gasteiger partial charge < -0.3 is 25.1 Å². The molecule has 0 unspecified atom stereocenters. The number of fused-ring (bicyclic) bond motifs is 1. The highest BCUT2D eigenvalue weighted by Gasteiger charge is 2.27. The molecule has 4 heterocycles. The van der Waals surface area contributed by atoms with Gasteiger partial charge in [0.05, 0.1) is 30.8 Å². The second kappa shape index (κ2) is 11.1. The molecule has 2 saturated heterocycles. The molecule has 2 N–H and O–H groups in total. The Balaban J connectivity index is 1.46. The first kappa shape index (κ1) is 24.9. The lowest BCUT2D eigenvalue weighted by atomic mass is 10.1. The zero-order chi connectivity index (χ0) is 25.8. The fraction of sp³-hybridized carbons (Fsp3) is 0.480. The Bertz CT molecular complexity index is 1250. The van der Waals surface area contributed by atoms with Gasteiger partial charge in [0.25, 0.3) is 0 Å². The number of nitrogens with one attached hydrogen (secondary N) is 2. The highest BCUT2D eigenvalue weighted by Crippen LogP contribution is 2.32. The maximum Gasteiger partial charge on any atom is 0.324 e. The monoisotopic (exact) mass is 508 g/mol. The summed E-state index contributed by atoms with van der Waals surface area (Å²) in [4.78, 5) is 40.9. The molecule has 0 saturated carbocycles. The van der Waals surface area contributed by atoms with Gasteiger partial charge in [-0.05, 0) is 37.1 Å². The highest BCUT2D eigenvalue weighted by molar-refractivity contribution is 5.90. The van der Waals surface area contributed by atoms with Gasteiger partial charge in [0.15, 0.2) is 11.5 Å². The Morgan fingerprint density at radius 3 is 2.49 bits per heavy atom. The summed E-state index contributed by atoms with van der Waals surface area (Å²) < 4.78 is 7.55. The molecule has 37 heavy (non-hydrogen) atoms. The van der Waals surface area contributed by atoms with E-state index in [1.807, 2.05) is 35.1 Å². The van der Waals surface area contributed by atoms with Gasteiger partial charge in [-0.25, -0.2) is 19.4 Å². The Labute approximate surface area is 214 Å². The van der Waals surface area contributed by atoms with Crippen molar-refractivity contribution in [1.29, 1.82) is 0 Å². The first-order valence-corrected chi connectivity index (χ1v) is 12.7. The van der Waals surface area contributed by atoms with Crippen LogP contribution in [0.5, 0.6) is 0 Å². The van der Waals surface area contributed by atoms with Gasteiger partial charge in [-0.15, -0.1) is 5.06 Å². The van der Waals surface area contributed by atoms with Crippen LogP contribution in [0.15, 0.2) is 30.5 Å². The number of anilines is 2. The summed E-state index contributed by atoms with van der Waals surface area (Å²) in [5.74, 6) is 1.22.